The molecule has 2 aromatic carbocycles. The molecule has 0 radical (unpaired) electrons. The van der Waals surface area contributed by atoms with Gasteiger partial charge in [-0.25, -0.2) is 4.98 Å². The van der Waals surface area contributed by atoms with E-state index < -0.39 is 0 Å². The molecule has 1 aliphatic rings. The highest BCUT2D eigenvalue weighted by molar-refractivity contribution is 9.11. The number of aliphatic hydroxyl groups excluding tert-OH is 1. The SMILES string of the molecule is OC1CC(c2ccc(-c3nc(Br)sc3-c3ccccc3)cc2)C1. The number of aliphatic hydroxyl groups is 1. The summed E-state index contributed by atoms with van der Waals surface area (Å²) in [7, 11) is 0. The second kappa shape index (κ2) is 6.19. The maximum absolute atomic E-state index is 9.46. The maximum atomic E-state index is 9.46. The van der Waals surface area contributed by atoms with Crippen molar-refractivity contribution in [2.75, 3.05) is 0 Å². The molecule has 116 valence electrons. The third-order valence-electron chi connectivity index (χ3n) is 4.41. The normalized spacial score (nSPS) is 20.3. The number of halogens is 1. The van der Waals surface area contributed by atoms with E-state index in [9.17, 15) is 5.11 Å². The van der Waals surface area contributed by atoms with E-state index in [1.165, 1.54) is 16.0 Å². The van der Waals surface area contributed by atoms with Gasteiger partial charge in [-0.05, 0) is 45.8 Å². The summed E-state index contributed by atoms with van der Waals surface area (Å²) in [4.78, 5) is 5.86. The molecule has 0 aliphatic heterocycles. The molecule has 0 bridgehead atoms. The van der Waals surface area contributed by atoms with Gasteiger partial charge in [-0.2, -0.15) is 0 Å². The third kappa shape index (κ3) is 2.99. The van der Waals surface area contributed by atoms with Gasteiger partial charge in [0.15, 0.2) is 3.92 Å². The number of aromatic nitrogens is 1. The molecule has 23 heavy (non-hydrogen) atoms. The molecule has 3 aromatic rings. The van der Waals surface area contributed by atoms with E-state index in [4.69, 9.17) is 0 Å². The summed E-state index contributed by atoms with van der Waals surface area (Å²) in [5.74, 6) is 0.509. The first-order valence-electron chi connectivity index (χ1n) is 7.71. The molecule has 1 heterocycles. The van der Waals surface area contributed by atoms with Gasteiger partial charge in [0.05, 0.1) is 16.7 Å². The van der Waals surface area contributed by atoms with Crippen molar-refractivity contribution in [3.63, 3.8) is 0 Å². The number of thiazole rings is 1. The van der Waals surface area contributed by atoms with Crippen LogP contribution in [-0.4, -0.2) is 16.2 Å². The van der Waals surface area contributed by atoms with E-state index in [0.717, 1.165) is 28.0 Å². The second-order valence-corrected chi connectivity index (χ2v) is 8.23. The van der Waals surface area contributed by atoms with Gasteiger partial charge < -0.3 is 5.11 Å². The Morgan fingerprint density at radius 3 is 2.30 bits per heavy atom. The van der Waals surface area contributed by atoms with Crippen molar-refractivity contribution in [3.8, 4) is 21.7 Å². The quantitative estimate of drug-likeness (QED) is 0.647. The monoisotopic (exact) mass is 385 g/mol. The van der Waals surface area contributed by atoms with Crippen molar-refractivity contribution < 1.29 is 5.11 Å². The largest absolute Gasteiger partial charge is 0.393 e. The first kappa shape index (κ1) is 15.1. The minimum atomic E-state index is -0.112. The molecule has 1 aliphatic carbocycles. The lowest BCUT2D eigenvalue weighted by Crippen LogP contribution is -2.26. The Bertz CT molecular complexity index is 807. The number of benzene rings is 2. The lowest BCUT2D eigenvalue weighted by atomic mass is 9.77. The Labute approximate surface area is 148 Å². The van der Waals surface area contributed by atoms with E-state index in [1.54, 1.807) is 11.3 Å². The van der Waals surface area contributed by atoms with E-state index in [2.05, 4.69) is 69.4 Å². The Morgan fingerprint density at radius 2 is 1.65 bits per heavy atom. The molecule has 0 atom stereocenters. The number of nitrogens with zero attached hydrogens (tertiary/aromatic N) is 1. The van der Waals surface area contributed by atoms with Gasteiger partial charge in [-0.1, -0.05) is 54.6 Å². The zero-order valence-corrected chi connectivity index (χ0v) is 14.8. The van der Waals surface area contributed by atoms with Crippen LogP contribution in [0.2, 0.25) is 0 Å². The summed E-state index contributed by atoms with van der Waals surface area (Å²) in [5, 5.41) is 9.46. The molecular formula is C19H16BrNOS. The molecular weight excluding hydrogens is 370 g/mol. The highest BCUT2D eigenvalue weighted by Gasteiger charge is 2.28. The average Bonchev–Trinajstić information content (AvgIpc) is 2.95. The number of rotatable bonds is 3. The van der Waals surface area contributed by atoms with Crippen molar-refractivity contribution in [3.05, 3.63) is 64.1 Å². The molecule has 1 N–H and O–H groups in total. The molecule has 0 saturated heterocycles. The van der Waals surface area contributed by atoms with Crippen LogP contribution < -0.4 is 0 Å². The van der Waals surface area contributed by atoms with E-state index in [0.29, 0.717) is 5.92 Å². The molecule has 0 unspecified atom stereocenters. The lowest BCUT2D eigenvalue weighted by molar-refractivity contribution is 0.0746. The number of hydrogen-bond acceptors (Lipinski definition) is 3. The highest BCUT2D eigenvalue weighted by atomic mass is 79.9. The van der Waals surface area contributed by atoms with Crippen LogP contribution in [0.1, 0.15) is 24.3 Å². The summed E-state index contributed by atoms with van der Waals surface area (Å²) >= 11 is 5.18. The molecule has 0 amide bonds. The first-order chi connectivity index (χ1) is 11.2. The van der Waals surface area contributed by atoms with Crippen LogP contribution in [0.15, 0.2) is 58.5 Å². The molecule has 1 saturated carbocycles. The van der Waals surface area contributed by atoms with Crippen molar-refractivity contribution in [2.45, 2.75) is 24.9 Å². The van der Waals surface area contributed by atoms with Gasteiger partial charge >= 0.3 is 0 Å². The standard InChI is InChI=1S/C19H16BrNOS/c20-19-21-17(18(23-19)14-4-2-1-3-5-14)13-8-6-12(7-9-13)15-10-16(22)11-15/h1-9,15-16,22H,10-11H2. The zero-order valence-electron chi connectivity index (χ0n) is 12.4. The Kier molecular flexibility index (Phi) is 4.05. The fourth-order valence-corrected chi connectivity index (χ4v) is 4.53. The summed E-state index contributed by atoms with van der Waals surface area (Å²) in [6.07, 6.45) is 1.66. The Hall–Kier alpha value is -1.49. The molecule has 4 heteroatoms. The summed E-state index contributed by atoms with van der Waals surface area (Å²) < 4.78 is 0.901. The summed E-state index contributed by atoms with van der Waals surface area (Å²) in [6.45, 7) is 0. The van der Waals surface area contributed by atoms with Crippen molar-refractivity contribution in [2.24, 2.45) is 0 Å². The van der Waals surface area contributed by atoms with Crippen LogP contribution in [-0.2, 0) is 0 Å². The van der Waals surface area contributed by atoms with Crippen LogP contribution in [0, 0.1) is 0 Å². The second-order valence-electron chi connectivity index (χ2n) is 5.95. The van der Waals surface area contributed by atoms with E-state index >= 15 is 0 Å². The lowest BCUT2D eigenvalue weighted by Gasteiger charge is -2.31. The Balaban J connectivity index is 1.68. The third-order valence-corrected chi connectivity index (χ3v) is 5.96. The smallest absolute Gasteiger partial charge is 0.160 e. The average molecular weight is 386 g/mol. The summed E-state index contributed by atoms with van der Waals surface area (Å²) in [6, 6.07) is 19.0. The predicted molar refractivity (Wildman–Crippen MR) is 98.7 cm³/mol. The minimum Gasteiger partial charge on any atom is -0.393 e. The van der Waals surface area contributed by atoms with Crippen molar-refractivity contribution >= 4 is 27.3 Å². The van der Waals surface area contributed by atoms with Crippen molar-refractivity contribution in [1.29, 1.82) is 0 Å². The van der Waals surface area contributed by atoms with Gasteiger partial charge in [0, 0.05) is 5.56 Å². The topological polar surface area (TPSA) is 33.1 Å². The zero-order chi connectivity index (χ0) is 15.8. The van der Waals surface area contributed by atoms with E-state index in [1.807, 2.05) is 6.07 Å². The van der Waals surface area contributed by atoms with Crippen LogP contribution in [0.25, 0.3) is 21.7 Å². The highest BCUT2D eigenvalue weighted by Crippen LogP contribution is 2.40. The van der Waals surface area contributed by atoms with Crippen LogP contribution in [0.5, 0.6) is 0 Å². The maximum Gasteiger partial charge on any atom is 0.160 e. The first-order valence-corrected chi connectivity index (χ1v) is 9.32. The predicted octanol–water partition coefficient (Wildman–Crippen LogP) is 5.48. The summed E-state index contributed by atoms with van der Waals surface area (Å²) in [5.41, 5.74) is 4.66. The molecule has 1 aromatic heterocycles. The fraction of sp³-hybridized carbons (Fsp3) is 0.211. The molecule has 0 spiro atoms. The number of hydrogen-bond donors (Lipinski definition) is 1. The molecule has 4 rings (SSSR count). The van der Waals surface area contributed by atoms with Gasteiger partial charge in [0.2, 0.25) is 0 Å². The van der Waals surface area contributed by atoms with Crippen LogP contribution in [0.3, 0.4) is 0 Å². The Morgan fingerprint density at radius 1 is 0.957 bits per heavy atom. The molecule has 1 fully saturated rings. The van der Waals surface area contributed by atoms with Crippen LogP contribution in [0.4, 0.5) is 0 Å². The molecule has 2 nitrogen and oxygen atoms in total. The van der Waals surface area contributed by atoms with Gasteiger partial charge in [-0.15, -0.1) is 11.3 Å². The van der Waals surface area contributed by atoms with Crippen molar-refractivity contribution in [1.82, 2.24) is 4.98 Å². The van der Waals surface area contributed by atoms with Gasteiger partial charge in [0.1, 0.15) is 0 Å². The van der Waals surface area contributed by atoms with Crippen LogP contribution >= 0.6 is 27.3 Å². The van der Waals surface area contributed by atoms with Gasteiger partial charge in [0.25, 0.3) is 0 Å². The minimum absolute atomic E-state index is 0.112. The van der Waals surface area contributed by atoms with E-state index in [-0.39, 0.29) is 6.10 Å². The fourth-order valence-electron chi connectivity index (χ4n) is 3.05. The van der Waals surface area contributed by atoms with Gasteiger partial charge in [-0.3, -0.25) is 0 Å².